The van der Waals surface area contributed by atoms with Gasteiger partial charge < -0.3 is 19.2 Å². The SMILES string of the molecule is COc1nc(OC)c2[nH]c(OC)nc2n1. The molecule has 0 aliphatic carbocycles. The Hall–Kier alpha value is -2.05. The minimum absolute atomic E-state index is 0.202. The third-order valence-electron chi connectivity index (χ3n) is 1.84. The average molecular weight is 210 g/mol. The Morgan fingerprint density at radius 3 is 2.33 bits per heavy atom. The smallest absolute Gasteiger partial charge is 0.321 e. The van der Waals surface area contributed by atoms with Crippen molar-refractivity contribution in [3.05, 3.63) is 0 Å². The van der Waals surface area contributed by atoms with Crippen LogP contribution in [-0.2, 0) is 0 Å². The van der Waals surface area contributed by atoms with Crippen LogP contribution in [0.15, 0.2) is 0 Å². The molecule has 0 saturated heterocycles. The molecule has 0 aliphatic rings. The molecule has 2 aromatic heterocycles. The summed E-state index contributed by atoms with van der Waals surface area (Å²) in [5.74, 6) is 0.368. The lowest BCUT2D eigenvalue weighted by Gasteiger charge is -2.01. The molecule has 2 heterocycles. The molecular weight excluding hydrogens is 200 g/mol. The van der Waals surface area contributed by atoms with Crippen LogP contribution in [0.25, 0.3) is 11.2 Å². The maximum atomic E-state index is 5.07. The second-order valence-electron chi connectivity index (χ2n) is 2.66. The molecule has 0 radical (unpaired) electrons. The maximum absolute atomic E-state index is 5.07. The van der Waals surface area contributed by atoms with Crippen LogP contribution in [0.5, 0.6) is 17.9 Å². The van der Waals surface area contributed by atoms with E-state index in [0.717, 1.165) is 0 Å². The maximum Gasteiger partial charge on any atom is 0.321 e. The molecule has 1 N–H and O–H groups in total. The Labute approximate surface area is 85.4 Å². The fourth-order valence-electron chi connectivity index (χ4n) is 1.17. The van der Waals surface area contributed by atoms with Gasteiger partial charge in [0.05, 0.1) is 21.3 Å². The zero-order valence-electron chi connectivity index (χ0n) is 8.57. The zero-order valence-corrected chi connectivity index (χ0v) is 8.57. The molecule has 7 heteroatoms. The number of hydrogen-bond acceptors (Lipinski definition) is 6. The molecule has 0 bridgehead atoms. The van der Waals surface area contributed by atoms with Gasteiger partial charge in [-0.15, -0.1) is 0 Å². The predicted octanol–water partition coefficient (Wildman–Crippen LogP) is 0.379. The van der Waals surface area contributed by atoms with Crippen LogP contribution in [0.3, 0.4) is 0 Å². The fourth-order valence-corrected chi connectivity index (χ4v) is 1.17. The standard InChI is InChI=1S/C8H10N4O3/c1-13-6-4-5(10-7(9-4)14-2)11-8(12-6)15-3/h1-3H3,(H,9,10,11,12). The van der Waals surface area contributed by atoms with Gasteiger partial charge in [0, 0.05) is 0 Å². The van der Waals surface area contributed by atoms with Gasteiger partial charge in [0.2, 0.25) is 5.88 Å². The number of H-pyrrole nitrogens is 1. The topological polar surface area (TPSA) is 82.2 Å². The summed E-state index contributed by atoms with van der Waals surface area (Å²) in [6.07, 6.45) is 0. The highest BCUT2D eigenvalue weighted by atomic mass is 16.5. The van der Waals surface area contributed by atoms with E-state index in [4.69, 9.17) is 14.2 Å². The summed E-state index contributed by atoms with van der Waals surface area (Å²) in [7, 11) is 4.49. The summed E-state index contributed by atoms with van der Waals surface area (Å²) in [5.41, 5.74) is 1.02. The van der Waals surface area contributed by atoms with E-state index in [1.54, 1.807) is 0 Å². The van der Waals surface area contributed by atoms with Crippen molar-refractivity contribution in [1.82, 2.24) is 19.9 Å². The highest BCUT2D eigenvalue weighted by Crippen LogP contribution is 2.24. The lowest BCUT2D eigenvalue weighted by Crippen LogP contribution is -1.96. The van der Waals surface area contributed by atoms with E-state index in [-0.39, 0.29) is 6.01 Å². The van der Waals surface area contributed by atoms with E-state index in [1.165, 1.54) is 21.3 Å². The monoisotopic (exact) mass is 210 g/mol. The fraction of sp³-hybridized carbons (Fsp3) is 0.375. The van der Waals surface area contributed by atoms with E-state index >= 15 is 0 Å². The number of hydrogen-bond donors (Lipinski definition) is 1. The number of ether oxygens (including phenoxy) is 3. The largest absolute Gasteiger partial charge is 0.479 e. The molecule has 15 heavy (non-hydrogen) atoms. The molecule has 0 amide bonds. The summed E-state index contributed by atoms with van der Waals surface area (Å²) in [6, 6.07) is 0.555. The quantitative estimate of drug-likeness (QED) is 0.788. The second-order valence-corrected chi connectivity index (χ2v) is 2.66. The highest BCUT2D eigenvalue weighted by Gasteiger charge is 2.13. The average Bonchev–Trinajstić information content (AvgIpc) is 2.70. The molecule has 0 fully saturated rings. The number of nitrogens with zero attached hydrogens (tertiary/aromatic N) is 3. The Morgan fingerprint density at radius 1 is 0.933 bits per heavy atom. The van der Waals surface area contributed by atoms with Gasteiger partial charge in [-0.2, -0.15) is 15.0 Å². The van der Waals surface area contributed by atoms with Gasteiger partial charge >= 0.3 is 6.01 Å². The van der Waals surface area contributed by atoms with Gasteiger partial charge in [-0.25, -0.2) is 0 Å². The van der Waals surface area contributed by atoms with Crippen LogP contribution in [0.4, 0.5) is 0 Å². The first-order valence-corrected chi connectivity index (χ1v) is 4.18. The van der Waals surface area contributed by atoms with E-state index in [1.807, 2.05) is 0 Å². The first kappa shape index (κ1) is 9.50. The number of imidazole rings is 1. The summed E-state index contributed by atoms with van der Waals surface area (Å²) >= 11 is 0. The highest BCUT2D eigenvalue weighted by molar-refractivity contribution is 5.77. The lowest BCUT2D eigenvalue weighted by atomic mass is 10.5. The molecule has 0 atom stereocenters. The van der Waals surface area contributed by atoms with Crippen LogP contribution in [0.2, 0.25) is 0 Å². The lowest BCUT2D eigenvalue weighted by molar-refractivity contribution is 0.356. The molecule has 2 aromatic rings. The minimum atomic E-state index is 0.202. The Balaban J connectivity index is 2.66. The Bertz CT molecular complexity index is 482. The molecule has 7 nitrogen and oxygen atoms in total. The Kier molecular flexibility index (Phi) is 2.28. The van der Waals surface area contributed by atoms with Gasteiger partial charge in [-0.3, -0.25) is 0 Å². The number of aromatic amines is 1. The molecule has 2 rings (SSSR count). The molecule has 0 aromatic carbocycles. The summed E-state index contributed by atoms with van der Waals surface area (Å²) in [5, 5.41) is 0. The van der Waals surface area contributed by atoms with Crippen molar-refractivity contribution >= 4 is 11.2 Å². The molecule has 80 valence electrons. The van der Waals surface area contributed by atoms with Crippen molar-refractivity contribution in [3.63, 3.8) is 0 Å². The number of rotatable bonds is 3. The number of aromatic nitrogens is 4. The van der Waals surface area contributed by atoms with Gasteiger partial charge in [0.1, 0.15) is 0 Å². The summed E-state index contributed by atoms with van der Waals surface area (Å²) in [6.45, 7) is 0. The van der Waals surface area contributed by atoms with Crippen LogP contribution in [0, 0.1) is 0 Å². The van der Waals surface area contributed by atoms with Crippen LogP contribution in [-0.4, -0.2) is 41.3 Å². The first-order valence-electron chi connectivity index (χ1n) is 4.18. The normalized spacial score (nSPS) is 10.3. The van der Waals surface area contributed by atoms with Gasteiger partial charge in [-0.1, -0.05) is 0 Å². The van der Waals surface area contributed by atoms with E-state index in [2.05, 4.69) is 19.9 Å². The van der Waals surface area contributed by atoms with Crippen LogP contribution in [0.1, 0.15) is 0 Å². The van der Waals surface area contributed by atoms with Crippen molar-refractivity contribution in [2.24, 2.45) is 0 Å². The van der Waals surface area contributed by atoms with Crippen molar-refractivity contribution in [2.75, 3.05) is 21.3 Å². The third kappa shape index (κ3) is 1.51. The van der Waals surface area contributed by atoms with Crippen molar-refractivity contribution in [1.29, 1.82) is 0 Å². The van der Waals surface area contributed by atoms with Gasteiger partial charge in [0.25, 0.3) is 6.01 Å². The molecule has 0 spiro atoms. The number of methoxy groups -OCH3 is 3. The third-order valence-corrected chi connectivity index (χ3v) is 1.84. The van der Waals surface area contributed by atoms with Crippen LogP contribution >= 0.6 is 0 Å². The minimum Gasteiger partial charge on any atom is -0.479 e. The summed E-state index contributed by atoms with van der Waals surface area (Å²) < 4.78 is 14.9. The summed E-state index contributed by atoms with van der Waals surface area (Å²) in [4.78, 5) is 15.0. The molecule has 0 aliphatic heterocycles. The first-order chi connectivity index (χ1) is 7.28. The predicted molar refractivity (Wildman–Crippen MR) is 51.3 cm³/mol. The van der Waals surface area contributed by atoms with Crippen molar-refractivity contribution in [3.8, 4) is 17.9 Å². The van der Waals surface area contributed by atoms with Gasteiger partial charge in [-0.05, 0) is 0 Å². The molecular formula is C8H10N4O3. The van der Waals surface area contributed by atoms with Crippen LogP contribution < -0.4 is 14.2 Å². The zero-order chi connectivity index (χ0) is 10.8. The van der Waals surface area contributed by atoms with E-state index < -0.39 is 0 Å². The molecule has 0 unspecified atom stereocenters. The Morgan fingerprint density at radius 2 is 1.73 bits per heavy atom. The second kappa shape index (κ2) is 3.60. The molecule has 0 saturated carbocycles. The van der Waals surface area contributed by atoms with Gasteiger partial charge in [0.15, 0.2) is 11.2 Å². The number of nitrogens with one attached hydrogen (secondary N) is 1. The number of fused-ring (bicyclic) bond motifs is 1. The van der Waals surface area contributed by atoms with E-state index in [0.29, 0.717) is 23.1 Å². The van der Waals surface area contributed by atoms with Crippen molar-refractivity contribution in [2.45, 2.75) is 0 Å². The van der Waals surface area contributed by atoms with E-state index in [9.17, 15) is 0 Å². The van der Waals surface area contributed by atoms with Crippen molar-refractivity contribution < 1.29 is 14.2 Å².